The van der Waals surface area contributed by atoms with Crippen LogP contribution >= 0.6 is 0 Å². The summed E-state index contributed by atoms with van der Waals surface area (Å²) in [6.07, 6.45) is 6.27. The van der Waals surface area contributed by atoms with E-state index in [0.717, 1.165) is 32.1 Å². The van der Waals surface area contributed by atoms with E-state index in [1.165, 1.54) is 24.0 Å². The Kier molecular flexibility index (Phi) is 7.09. The zero-order valence-electron chi connectivity index (χ0n) is 13.2. The minimum atomic E-state index is -4.26. The number of aromatic hydroxyl groups is 1. The van der Waals surface area contributed by atoms with Gasteiger partial charge in [0.1, 0.15) is 5.75 Å². The van der Waals surface area contributed by atoms with Gasteiger partial charge in [-0.1, -0.05) is 39.0 Å². The number of nitrogens with zero attached hydrogens (tertiary/aromatic N) is 1. The minimum Gasteiger partial charge on any atom is -0.494 e. The van der Waals surface area contributed by atoms with Gasteiger partial charge in [0.25, 0.3) is 15.7 Å². The number of aryl methyl sites for hydroxylation is 1. The molecule has 0 aliphatic carbocycles. The fourth-order valence-corrected chi connectivity index (χ4v) is 3.14. The van der Waals surface area contributed by atoms with Crippen LogP contribution in [0.15, 0.2) is 10.9 Å². The highest BCUT2D eigenvalue weighted by Gasteiger charge is 2.17. The quantitative estimate of drug-likeness (QED) is 0.535. The predicted molar refractivity (Wildman–Crippen MR) is 85.7 cm³/mol. The second-order valence-electron chi connectivity index (χ2n) is 5.61. The summed E-state index contributed by atoms with van der Waals surface area (Å²) in [5.41, 5.74) is 0.0787. The predicted octanol–water partition coefficient (Wildman–Crippen LogP) is 2.61. The monoisotopic (exact) mass is 331 g/mol. The van der Waals surface area contributed by atoms with Crippen molar-refractivity contribution in [3.05, 3.63) is 27.5 Å². The van der Waals surface area contributed by atoms with Crippen LogP contribution < -0.4 is 5.56 Å². The van der Waals surface area contributed by atoms with Gasteiger partial charge < -0.3 is 5.11 Å². The second-order valence-corrected chi connectivity index (χ2v) is 7.07. The SMILES string of the molecule is CCCCCCCCn1c(O)c(CS(=O)(=O)O)c(C)cc1=O. The maximum atomic E-state index is 11.9. The van der Waals surface area contributed by atoms with E-state index in [4.69, 9.17) is 4.55 Å². The largest absolute Gasteiger partial charge is 0.494 e. The van der Waals surface area contributed by atoms with E-state index in [-0.39, 0.29) is 17.0 Å². The van der Waals surface area contributed by atoms with Crippen molar-refractivity contribution in [1.82, 2.24) is 4.57 Å². The molecule has 7 heteroatoms. The molecule has 6 nitrogen and oxygen atoms in total. The molecule has 0 saturated carbocycles. The van der Waals surface area contributed by atoms with E-state index in [0.29, 0.717) is 12.1 Å². The first-order valence-corrected chi connectivity index (χ1v) is 9.24. The summed E-state index contributed by atoms with van der Waals surface area (Å²) in [7, 11) is -4.26. The Morgan fingerprint density at radius 1 is 1.14 bits per heavy atom. The molecule has 0 atom stereocenters. The van der Waals surface area contributed by atoms with Crippen LogP contribution in [0.3, 0.4) is 0 Å². The topological polar surface area (TPSA) is 96.6 Å². The zero-order chi connectivity index (χ0) is 16.8. The second kappa shape index (κ2) is 8.33. The van der Waals surface area contributed by atoms with E-state index >= 15 is 0 Å². The highest BCUT2D eigenvalue weighted by molar-refractivity contribution is 7.85. The average Bonchev–Trinajstić information content (AvgIpc) is 2.40. The minimum absolute atomic E-state index is 0.0769. The van der Waals surface area contributed by atoms with Crippen molar-refractivity contribution in [2.45, 2.75) is 64.7 Å². The molecule has 0 fully saturated rings. The molecule has 0 aliphatic rings. The number of hydrogen-bond acceptors (Lipinski definition) is 4. The van der Waals surface area contributed by atoms with Crippen molar-refractivity contribution in [1.29, 1.82) is 0 Å². The van der Waals surface area contributed by atoms with E-state index in [1.807, 2.05) is 0 Å². The lowest BCUT2D eigenvalue weighted by Crippen LogP contribution is -2.22. The Labute approximate surface area is 131 Å². The van der Waals surface area contributed by atoms with E-state index in [2.05, 4.69) is 6.92 Å². The van der Waals surface area contributed by atoms with Gasteiger partial charge in [0, 0.05) is 18.2 Å². The number of pyridine rings is 1. The van der Waals surface area contributed by atoms with Crippen LogP contribution in [0.1, 0.15) is 56.6 Å². The molecule has 1 rings (SSSR count). The van der Waals surface area contributed by atoms with Crippen molar-refractivity contribution in [2.24, 2.45) is 0 Å². The molecule has 0 amide bonds. The lowest BCUT2D eigenvalue weighted by atomic mass is 10.1. The number of rotatable bonds is 9. The molecule has 0 saturated heterocycles. The summed E-state index contributed by atoms with van der Waals surface area (Å²) >= 11 is 0. The summed E-state index contributed by atoms with van der Waals surface area (Å²) in [6, 6.07) is 1.29. The average molecular weight is 331 g/mol. The highest BCUT2D eigenvalue weighted by Crippen LogP contribution is 2.21. The fourth-order valence-electron chi connectivity index (χ4n) is 2.42. The Hall–Kier alpha value is -1.34. The van der Waals surface area contributed by atoms with Gasteiger partial charge >= 0.3 is 0 Å². The summed E-state index contributed by atoms with van der Waals surface area (Å²) in [6.45, 7) is 4.02. The van der Waals surface area contributed by atoms with E-state index < -0.39 is 15.9 Å². The van der Waals surface area contributed by atoms with Gasteiger partial charge in [-0.3, -0.25) is 13.9 Å². The van der Waals surface area contributed by atoms with Crippen molar-refractivity contribution in [3.63, 3.8) is 0 Å². The van der Waals surface area contributed by atoms with Crippen LogP contribution in [-0.4, -0.2) is 22.6 Å². The van der Waals surface area contributed by atoms with E-state index in [1.54, 1.807) is 0 Å². The normalized spacial score (nSPS) is 11.8. The van der Waals surface area contributed by atoms with Gasteiger partial charge in [-0.05, 0) is 18.9 Å². The third kappa shape index (κ3) is 5.81. The maximum absolute atomic E-state index is 11.9. The molecule has 0 aliphatic heterocycles. The molecule has 1 heterocycles. The number of aromatic nitrogens is 1. The van der Waals surface area contributed by atoms with Gasteiger partial charge in [0.2, 0.25) is 0 Å². The van der Waals surface area contributed by atoms with Gasteiger partial charge in [-0.2, -0.15) is 8.42 Å². The van der Waals surface area contributed by atoms with Crippen molar-refractivity contribution < 1.29 is 18.1 Å². The first-order chi connectivity index (χ1) is 10.3. The first kappa shape index (κ1) is 18.7. The summed E-state index contributed by atoms with van der Waals surface area (Å²) in [5.74, 6) is -1.06. The van der Waals surface area contributed by atoms with Crippen molar-refractivity contribution >= 4 is 10.1 Å². The lowest BCUT2D eigenvalue weighted by molar-refractivity contribution is 0.391. The van der Waals surface area contributed by atoms with Crippen molar-refractivity contribution in [3.8, 4) is 5.88 Å². The molecule has 0 unspecified atom stereocenters. The number of unbranched alkanes of at least 4 members (excludes halogenated alkanes) is 5. The molecule has 1 aromatic heterocycles. The maximum Gasteiger partial charge on any atom is 0.269 e. The zero-order valence-corrected chi connectivity index (χ0v) is 14.0. The molecule has 1 aromatic rings. The molecule has 0 spiro atoms. The van der Waals surface area contributed by atoms with Gasteiger partial charge in [0.05, 0.1) is 0 Å². The lowest BCUT2D eigenvalue weighted by Gasteiger charge is -2.13. The molecule has 0 aromatic carbocycles. The molecule has 126 valence electrons. The highest BCUT2D eigenvalue weighted by atomic mass is 32.2. The van der Waals surface area contributed by atoms with Crippen LogP contribution in [-0.2, 0) is 22.4 Å². The van der Waals surface area contributed by atoms with Crippen LogP contribution in [0.25, 0.3) is 0 Å². The molecular formula is C15H25NO5S. The molecule has 0 bridgehead atoms. The molecule has 2 N–H and O–H groups in total. The molecule has 22 heavy (non-hydrogen) atoms. The third-order valence-electron chi connectivity index (χ3n) is 3.67. The Bertz CT molecular complexity index is 649. The Morgan fingerprint density at radius 2 is 1.73 bits per heavy atom. The van der Waals surface area contributed by atoms with Crippen LogP contribution in [0, 0.1) is 6.92 Å². The number of hydrogen-bond donors (Lipinski definition) is 2. The van der Waals surface area contributed by atoms with Crippen LogP contribution in [0.4, 0.5) is 0 Å². The van der Waals surface area contributed by atoms with E-state index in [9.17, 15) is 18.3 Å². The standard InChI is InChI=1S/C15H25NO5S/c1-3-4-5-6-7-8-9-16-14(17)10-12(2)13(15(16)18)11-22(19,20)21/h10,18H,3-9,11H2,1-2H3,(H,19,20,21). The van der Waals surface area contributed by atoms with Gasteiger partial charge in [-0.15, -0.1) is 0 Å². The molecule has 0 radical (unpaired) electrons. The molecular weight excluding hydrogens is 306 g/mol. The summed E-state index contributed by atoms with van der Waals surface area (Å²) in [4.78, 5) is 11.9. The Balaban J connectivity index is 2.82. The van der Waals surface area contributed by atoms with Crippen LogP contribution in [0.2, 0.25) is 0 Å². The fraction of sp³-hybridized carbons (Fsp3) is 0.667. The Morgan fingerprint density at radius 3 is 2.32 bits per heavy atom. The third-order valence-corrected chi connectivity index (χ3v) is 4.32. The van der Waals surface area contributed by atoms with Gasteiger partial charge in [-0.25, -0.2) is 0 Å². The smallest absolute Gasteiger partial charge is 0.269 e. The summed E-state index contributed by atoms with van der Waals surface area (Å²) in [5, 5.41) is 10.1. The van der Waals surface area contributed by atoms with Gasteiger partial charge in [0.15, 0.2) is 5.88 Å². The summed E-state index contributed by atoms with van der Waals surface area (Å²) < 4.78 is 32.2. The first-order valence-electron chi connectivity index (χ1n) is 7.63. The van der Waals surface area contributed by atoms with Crippen LogP contribution in [0.5, 0.6) is 5.88 Å². The van der Waals surface area contributed by atoms with Crippen molar-refractivity contribution in [2.75, 3.05) is 0 Å².